The summed E-state index contributed by atoms with van der Waals surface area (Å²) in [5.41, 5.74) is 4.33. The van der Waals surface area contributed by atoms with Crippen LogP contribution < -0.4 is 9.80 Å². The number of likely N-dealkylation sites (N-methyl/N-ethyl adjacent to an activating group) is 2. The second kappa shape index (κ2) is 4.31. The summed E-state index contributed by atoms with van der Waals surface area (Å²) < 4.78 is 0. The predicted molar refractivity (Wildman–Crippen MR) is 86.5 cm³/mol. The molecule has 0 fully saturated rings. The van der Waals surface area contributed by atoms with Gasteiger partial charge >= 0.3 is 0 Å². The van der Waals surface area contributed by atoms with E-state index in [0.717, 1.165) is 22.5 Å². The molecule has 0 N–H and O–H groups in total. The largest absolute Gasteiger partial charge is 0.311 e. The molecule has 0 spiro atoms. The van der Waals surface area contributed by atoms with Gasteiger partial charge in [0.1, 0.15) is 0 Å². The van der Waals surface area contributed by atoms with Crippen LogP contribution in [0, 0.1) is 0 Å². The van der Waals surface area contributed by atoms with Gasteiger partial charge in [-0.25, -0.2) is 0 Å². The van der Waals surface area contributed by atoms with Gasteiger partial charge in [-0.1, -0.05) is 36.4 Å². The maximum atomic E-state index is 12.7. The number of carbonyl (C=O) groups excluding carboxylic acids is 2. The molecule has 4 nitrogen and oxygen atoms in total. The van der Waals surface area contributed by atoms with Gasteiger partial charge in [-0.3, -0.25) is 9.59 Å². The molecule has 2 aliphatic rings. The minimum atomic E-state index is -0.130. The number of anilines is 2. The molecule has 0 bridgehead atoms. The van der Waals surface area contributed by atoms with E-state index < -0.39 is 0 Å². The fourth-order valence-electron chi connectivity index (χ4n) is 3.22. The van der Waals surface area contributed by atoms with Crippen LogP contribution in [0.4, 0.5) is 11.4 Å². The van der Waals surface area contributed by atoms with Crippen molar-refractivity contribution in [3.05, 3.63) is 59.7 Å². The fourth-order valence-corrected chi connectivity index (χ4v) is 3.22. The van der Waals surface area contributed by atoms with Gasteiger partial charge in [0.2, 0.25) is 0 Å². The van der Waals surface area contributed by atoms with Crippen LogP contribution in [-0.4, -0.2) is 25.9 Å². The van der Waals surface area contributed by atoms with E-state index in [2.05, 4.69) is 0 Å². The van der Waals surface area contributed by atoms with Crippen molar-refractivity contribution in [3.8, 4) is 0 Å². The SMILES string of the molecule is CN1C(=O)/C(=C2\C(=O)N(C)c3ccccc32)c2ccccc21. The van der Waals surface area contributed by atoms with E-state index in [1.165, 1.54) is 0 Å². The van der Waals surface area contributed by atoms with E-state index in [1.54, 1.807) is 23.9 Å². The van der Waals surface area contributed by atoms with E-state index in [9.17, 15) is 9.59 Å². The first-order valence-electron chi connectivity index (χ1n) is 7.10. The van der Waals surface area contributed by atoms with Crippen LogP contribution in [0.25, 0.3) is 11.1 Å². The number of carbonyl (C=O) groups is 2. The zero-order valence-corrected chi connectivity index (χ0v) is 12.3. The van der Waals surface area contributed by atoms with E-state index in [4.69, 9.17) is 0 Å². The number of hydrogen-bond acceptors (Lipinski definition) is 2. The number of para-hydroxylation sites is 2. The van der Waals surface area contributed by atoms with Gasteiger partial charge in [0.05, 0.1) is 22.5 Å². The molecule has 2 aliphatic heterocycles. The standard InChI is InChI=1S/C18H14N2O2/c1-19-13-9-5-3-7-11(13)15(17(19)21)16-12-8-4-6-10-14(12)20(2)18(16)22/h3-10H,1-2H3/b16-15-. The van der Waals surface area contributed by atoms with Gasteiger partial charge in [-0.2, -0.15) is 0 Å². The third-order valence-corrected chi connectivity index (χ3v) is 4.36. The molecule has 4 heteroatoms. The van der Waals surface area contributed by atoms with E-state index >= 15 is 0 Å². The van der Waals surface area contributed by atoms with Gasteiger partial charge in [0.25, 0.3) is 11.8 Å². The highest BCUT2D eigenvalue weighted by Gasteiger charge is 2.39. The highest BCUT2D eigenvalue weighted by atomic mass is 16.2. The van der Waals surface area contributed by atoms with Crippen molar-refractivity contribution >= 4 is 34.3 Å². The molecule has 0 saturated heterocycles. The van der Waals surface area contributed by atoms with Gasteiger partial charge in [-0.15, -0.1) is 0 Å². The zero-order valence-electron chi connectivity index (χ0n) is 12.3. The Labute approximate surface area is 128 Å². The fraction of sp³-hybridized carbons (Fsp3) is 0.111. The van der Waals surface area contributed by atoms with Gasteiger partial charge in [0, 0.05) is 25.2 Å². The van der Waals surface area contributed by atoms with Crippen LogP contribution in [0.5, 0.6) is 0 Å². The Morgan fingerprint density at radius 2 is 1.00 bits per heavy atom. The number of amides is 2. The first-order valence-corrected chi connectivity index (χ1v) is 7.10. The molecule has 108 valence electrons. The van der Waals surface area contributed by atoms with Gasteiger partial charge in [0.15, 0.2) is 0 Å². The summed E-state index contributed by atoms with van der Waals surface area (Å²) in [6.07, 6.45) is 0. The maximum Gasteiger partial charge on any atom is 0.259 e. The van der Waals surface area contributed by atoms with Gasteiger partial charge < -0.3 is 9.80 Å². The zero-order chi connectivity index (χ0) is 15.4. The predicted octanol–water partition coefficient (Wildman–Crippen LogP) is 2.55. The second-order valence-corrected chi connectivity index (χ2v) is 5.51. The van der Waals surface area contributed by atoms with Crippen molar-refractivity contribution < 1.29 is 9.59 Å². The Morgan fingerprint density at radius 3 is 1.41 bits per heavy atom. The number of nitrogens with zero attached hydrogens (tertiary/aromatic N) is 2. The van der Waals surface area contributed by atoms with Crippen LogP contribution in [0.15, 0.2) is 48.5 Å². The first kappa shape index (κ1) is 12.8. The van der Waals surface area contributed by atoms with Crippen molar-refractivity contribution in [2.24, 2.45) is 0 Å². The maximum absolute atomic E-state index is 12.7. The van der Waals surface area contributed by atoms with Crippen LogP contribution in [0.2, 0.25) is 0 Å². The summed E-state index contributed by atoms with van der Waals surface area (Å²) in [5, 5.41) is 0. The summed E-state index contributed by atoms with van der Waals surface area (Å²) >= 11 is 0. The molecular formula is C18H14N2O2. The third kappa shape index (κ3) is 1.46. The van der Waals surface area contributed by atoms with Crippen molar-refractivity contribution in [1.82, 2.24) is 0 Å². The minimum Gasteiger partial charge on any atom is -0.311 e. The monoisotopic (exact) mass is 290 g/mol. The molecule has 0 atom stereocenters. The number of fused-ring (bicyclic) bond motifs is 2. The molecule has 0 radical (unpaired) electrons. The highest BCUT2D eigenvalue weighted by Crippen LogP contribution is 2.45. The van der Waals surface area contributed by atoms with E-state index in [-0.39, 0.29) is 11.8 Å². The summed E-state index contributed by atoms with van der Waals surface area (Å²) in [6, 6.07) is 15.2. The number of rotatable bonds is 0. The van der Waals surface area contributed by atoms with Crippen molar-refractivity contribution in [1.29, 1.82) is 0 Å². The van der Waals surface area contributed by atoms with Crippen LogP contribution >= 0.6 is 0 Å². The lowest BCUT2D eigenvalue weighted by Crippen LogP contribution is -2.24. The average Bonchev–Trinajstić information content (AvgIpc) is 2.94. The Kier molecular flexibility index (Phi) is 2.51. The lowest BCUT2D eigenvalue weighted by atomic mass is 9.96. The quantitative estimate of drug-likeness (QED) is 0.700. The molecule has 2 aromatic carbocycles. The normalized spacial score (nSPS) is 19.7. The van der Waals surface area contributed by atoms with E-state index in [0.29, 0.717) is 11.1 Å². The summed E-state index contributed by atoms with van der Waals surface area (Å²) in [7, 11) is 3.48. The Hall–Kier alpha value is -2.88. The molecule has 0 unspecified atom stereocenters. The molecule has 0 saturated carbocycles. The Morgan fingerprint density at radius 1 is 0.636 bits per heavy atom. The lowest BCUT2D eigenvalue weighted by Gasteiger charge is -2.09. The van der Waals surface area contributed by atoms with Crippen molar-refractivity contribution in [3.63, 3.8) is 0 Å². The third-order valence-electron chi connectivity index (χ3n) is 4.36. The molecule has 0 aliphatic carbocycles. The van der Waals surface area contributed by atoms with Crippen molar-refractivity contribution in [2.45, 2.75) is 0 Å². The highest BCUT2D eigenvalue weighted by molar-refractivity contribution is 6.49. The second-order valence-electron chi connectivity index (χ2n) is 5.51. The van der Waals surface area contributed by atoms with E-state index in [1.807, 2.05) is 48.5 Å². The Balaban J connectivity index is 2.07. The number of hydrogen-bond donors (Lipinski definition) is 0. The van der Waals surface area contributed by atoms with Crippen LogP contribution in [-0.2, 0) is 9.59 Å². The molecule has 2 heterocycles. The summed E-state index contributed by atoms with van der Waals surface area (Å²) in [4.78, 5) is 28.6. The summed E-state index contributed by atoms with van der Waals surface area (Å²) in [6.45, 7) is 0. The smallest absolute Gasteiger partial charge is 0.259 e. The van der Waals surface area contributed by atoms with Crippen molar-refractivity contribution in [2.75, 3.05) is 23.9 Å². The first-order chi connectivity index (χ1) is 10.6. The molecular weight excluding hydrogens is 276 g/mol. The molecule has 4 rings (SSSR count). The lowest BCUT2D eigenvalue weighted by molar-refractivity contribution is -0.114. The Bertz CT molecular complexity index is 795. The topological polar surface area (TPSA) is 40.6 Å². The molecule has 0 aromatic heterocycles. The molecule has 2 aromatic rings. The van der Waals surface area contributed by atoms with Gasteiger partial charge in [-0.05, 0) is 12.1 Å². The molecule has 22 heavy (non-hydrogen) atoms. The molecule has 2 amide bonds. The number of benzene rings is 2. The minimum absolute atomic E-state index is 0.130. The van der Waals surface area contributed by atoms with Crippen LogP contribution in [0.3, 0.4) is 0 Å². The van der Waals surface area contributed by atoms with Crippen LogP contribution in [0.1, 0.15) is 11.1 Å². The summed E-state index contributed by atoms with van der Waals surface area (Å²) in [5.74, 6) is -0.260. The average molecular weight is 290 g/mol.